The molecule has 0 N–H and O–H groups in total. The number of hydrogen-bond acceptors (Lipinski definition) is 5. The third kappa shape index (κ3) is 6.50. The molecule has 0 aliphatic carbocycles. The fourth-order valence-electron chi connectivity index (χ4n) is 2.08. The van der Waals surface area contributed by atoms with Gasteiger partial charge in [-0.25, -0.2) is 0 Å². The Labute approximate surface area is 134 Å². The highest BCUT2D eigenvalue weighted by molar-refractivity contribution is 7.80. The lowest BCUT2D eigenvalue weighted by Gasteiger charge is -2.31. The van der Waals surface area contributed by atoms with Crippen molar-refractivity contribution in [1.82, 2.24) is 0 Å². The number of rotatable bonds is 12. The van der Waals surface area contributed by atoms with Gasteiger partial charge in [0.25, 0.3) is 0 Å². The summed E-state index contributed by atoms with van der Waals surface area (Å²) in [5.74, 6) is 0.822. The Morgan fingerprint density at radius 1 is 0.905 bits per heavy atom. The fourth-order valence-corrected chi connectivity index (χ4v) is 5.70. The minimum atomic E-state index is -2.48. The number of thiol groups is 1. The summed E-state index contributed by atoms with van der Waals surface area (Å²) < 4.78 is 22.6. The first-order valence-electron chi connectivity index (χ1n) is 7.21. The summed E-state index contributed by atoms with van der Waals surface area (Å²) in [4.78, 5) is 0. The van der Waals surface area contributed by atoms with Crippen LogP contribution in [0, 0.1) is 0 Å². The second-order valence-electron chi connectivity index (χ2n) is 4.63. The molecule has 0 spiro atoms. The van der Waals surface area contributed by atoms with Crippen molar-refractivity contribution in [2.24, 2.45) is 0 Å². The molecule has 6 heteroatoms. The summed E-state index contributed by atoms with van der Waals surface area (Å²) >= 11 is 4.33. The van der Waals surface area contributed by atoms with Gasteiger partial charge in [0.15, 0.2) is 0 Å². The largest absolute Gasteiger partial charge is 0.389 e. The molecule has 4 nitrogen and oxygen atoms in total. The molecule has 0 aromatic heterocycles. The summed E-state index contributed by atoms with van der Waals surface area (Å²) in [6.07, 6.45) is 0.962. The van der Waals surface area contributed by atoms with Gasteiger partial charge < -0.3 is 18.3 Å². The van der Waals surface area contributed by atoms with Gasteiger partial charge in [0.1, 0.15) is 0 Å². The SMILES string of the molecule is COCCO[Si](CCCS)(OCCOC)c1ccccc1. The monoisotopic (exact) mass is 330 g/mol. The molecule has 0 aliphatic rings. The van der Waals surface area contributed by atoms with Gasteiger partial charge in [-0.15, -0.1) is 0 Å². The average molecular weight is 331 g/mol. The van der Waals surface area contributed by atoms with Crippen molar-refractivity contribution >= 4 is 26.4 Å². The quantitative estimate of drug-likeness (QED) is 0.361. The van der Waals surface area contributed by atoms with Gasteiger partial charge in [0.2, 0.25) is 0 Å². The fraction of sp³-hybridized carbons (Fsp3) is 0.600. The van der Waals surface area contributed by atoms with Crippen LogP contribution in [0.3, 0.4) is 0 Å². The lowest BCUT2D eigenvalue weighted by Crippen LogP contribution is -2.54. The van der Waals surface area contributed by atoms with E-state index in [0.717, 1.165) is 23.4 Å². The second-order valence-corrected chi connectivity index (χ2v) is 8.24. The zero-order valence-electron chi connectivity index (χ0n) is 12.9. The maximum Gasteiger partial charge on any atom is 0.372 e. The zero-order valence-corrected chi connectivity index (χ0v) is 14.8. The molecule has 0 fully saturated rings. The first kappa shape index (κ1) is 18.7. The number of methoxy groups -OCH3 is 2. The molecule has 0 heterocycles. The van der Waals surface area contributed by atoms with E-state index in [-0.39, 0.29) is 0 Å². The van der Waals surface area contributed by atoms with Crippen LogP contribution in [-0.4, -0.2) is 55.0 Å². The topological polar surface area (TPSA) is 36.9 Å². The molecule has 0 atom stereocenters. The molecule has 120 valence electrons. The van der Waals surface area contributed by atoms with E-state index in [1.54, 1.807) is 14.2 Å². The van der Waals surface area contributed by atoms with Crippen LogP contribution >= 0.6 is 12.6 Å². The Morgan fingerprint density at radius 2 is 1.48 bits per heavy atom. The number of ether oxygens (including phenoxy) is 2. The Kier molecular flexibility index (Phi) is 9.99. The minimum Gasteiger partial charge on any atom is -0.389 e. The van der Waals surface area contributed by atoms with Crippen molar-refractivity contribution in [2.45, 2.75) is 12.5 Å². The maximum absolute atomic E-state index is 6.21. The van der Waals surface area contributed by atoms with Crippen LogP contribution in [0.1, 0.15) is 6.42 Å². The highest BCUT2D eigenvalue weighted by Crippen LogP contribution is 2.17. The van der Waals surface area contributed by atoms with Gasteiger partial charge in [-0.3, -0.25) is 0 Å². The predicted octanol–water partition coefficient (Wildman–Crippen LogP) is 1.98. The number of hydrogen-bond donors (Lipinski definition) is 1. The first-order chi connectivity index (χ1) is 10.3. The molecule has 0 unspecified atom stereocenters. The molecule has 0 amide bonds. The Bertz CT molecular complexity index is 354. The molecule has 1 aromatic rings. The van der Waals surface area contributed by atoms with Crippen LogP contribution < -0.4 is 5.19 Å². The lowest BCUT2D eigenvalue weighted by atomic mass is 10.4. The van der Waals surface area contributed by atoms with Crippen LogP contribution in [0.25, 0.3) is 0 Å². The van der Waals surface area contributed by atoms with Crippen molar-refractivity contribution in [1.29, 1.82) is 0 Å². The molecular weight excluding hydrogens is 304 g/mol. The zero-order chi connectivity index (χ0) is 15.4. The van der Waals surface area contributed by atoms with Crippen molar-refractivity contribution in [2.75, 3.05) is 46.4 Å². The average Bonchev–Trinajstić information content (AvgIpc) is 2.53. The summed E-state index contributed by atoms with van der Waals surface area (Å²) in [5.41, 5.74) is 0. The number of benzene rings is 1. The van der Waals surface area contributed by atoms with Gasteiger partial charge in [-0.05, 0) is 23.4 Å². The van der Waals surface area contributed by atoms with E-state index in [0.29, 0.717) is 26.4 Å². The van der Waals surface area contributed by atoms with Crippen LogP contribution in [-0.2, 0) is 18.3 Å². The van der Waals surface area contributed by atoms with Crippen molar-refractivity contribution < 1.29 is 18.3 Å². The van der Waals surface area contributed by atoms with E-state index >= 15 is 0 Å². The van der Waals surface area contributed by atoms with Gasteiger partial charge in [-0.1, -0.05) is 30.3 Å². The molecule has 0 bridgehead atoms. The van der Waals surface area contributed by atoms with Crippen LogP contribution in [0.5, 0.6) is 0 Å². The molecule has 0 saturated carbocycles. The molecular formula is C15H26O4SSi. The van der Waals surface area contributed by atoms with E-state index in [1.807, 2.05) is 18.2 Å². The molecule has 0 saturated heterocycles. The maximum atomic E-state index is 6.21. The van der Waals surface area contributed by atoms with Crippen LogP contribution in [0.4, 0.5) is 0 Å². The highest BCUT2D eigenvalue weighted by atomic mass is 32.1. The second kappa shape index (κ2) is 11.2. The van der Waals surface area contributed by atoms with E-state index in [9.17, 15) is 0 Å². The van der Waals surface area contributed by atoms with Crippen molar-refractivity contribution in [3.63, 3.8) is 0 Å². The molecule has 0 radical (unpaired) electrons. The summed E-state index contributed by atoms with van der Waals surface area (Å²) in [5, 5.41) is 1.15. The van der Waals surface area contributed by atoms with E-state index in [4.69, 9.17) is 18.3 Å². The summed E-state index contributed by atoms with van der Waals surface area (Å²) in [6.45, 7) is 2.21. The van der Waals surface area contributed by atoms with Crippen molar-refractivity contribution in [3.8, 4) is 0 Å². The third-order valence-electron chi connectivity index (χ3n) is 3.12. The summed E-state index contributed by atoms with van der Waals surface area (Å²) in [7, 11) is 0.874. The van der Waals surface area contributed by atoms with Gasteiger partial charge in [0.05, 0.1) is 26.4 Å². The Hall–Kier alpha value is -0.373. The first-order valence-corrected chi connectivity index (χ1v) is 9.87. The predicted molar refractivity (Wildman–Crippen MR) is 90.8 cm³/mol. The highest BCUT2D eigenvalue weighted by Gasteiger charge is 2.39. The van der Waals surface area contributed by atoms with Crippen LogP contribution in [0.15, 0.2) is 30.3 Å². The standard InChI is InChI=1S/C15H26O4SSi/c1-16-9-11-18-21(14-6-13-20,19-12-10-17-2)15-7-4-3-5-8-15/h3-5,7-8,20H,6,9-14H2,1-2H3. The summed E-state index contributed by atoms with van der Waals surface area (Å²) in [6, 6.07) is 11.1. The van der Waals surface area contributed by atoms with Gasteiger partial charge in [0, 0.05) is 14.2 Å². The van der Waals surface area contributed by atoms with E-state index in [2.05, 4.69) is 24.8 Å². The molecule has 1 rings (SSSR count). The Morgan fingerprint density at radius 3 is 1.95 bits per heavy atom. The normalized spacial score (nSPS) is 11.8. The molecule has 21 heavy (non-hydrogen) atoms. The minimum absolute atomic E-state index is 0.539. The molecule has 1 aromatic carbocycles. The van der Waals surface area contributed by atoms with Gasteiger partial charge in [-0.2, -0.15) is 12.6 Å². The Balaban J connectivity index is 2.89. The van der Waals surface area contributed by atoms with Gasteiger partial charge >= 0.3 is 8.56 Å². The smallest absolute Gasteiger partial charge is 0.372 e. The van der Waals surface area contributed by atoms with E-state index in [1.165, 1.54) is 0 Å². The lowest BCUT2D eigenvalue weighted by molar-refractivity contribution is 0.0915. The third-order valence-corrected chi connectivity index (χ3v) is 7.00. The molecule has 0 aliphatic heterocycles. The van der Waals surface area contributed by atoms with Crippen molar-refractivity contribution in [3.05, 3.63) is 30.3 Å². The van der Waals surface area contributed by atoms with Crippen LogP contribution in [0.2, 0.25) is 6.04 Å². The van der Waals surface area contributed by atoms with E-state index < -0.39 is 8.56 Å².